The van der Waals surface area contributed by atoms with Gasteiger partial charge in [0.15, 0.2) is 0 Å². The van der Waals surface area contributed by atoms with Crippen LogP contribution in [0.1, 0.15) is 30.4 Å². The van der Waals surface area contributed by atoms with Gasteiger partial charge in [0.25, 0.3) is 0 Å². The Morgan fingerprint density at radius 1 is 1.00 bits per heavy atom. The lowest BCUT2D eigenvalue weighted by Gasteiger charge is -2.02. The van der Waals surface area contributed by atoms with Crippen LogP contribution in [0.25, 0.3) is 11.3 Å². The number of aryl methyl sites for hydroxylation is 1. The summed E-state index contributed by atoms with van der Waals surface area (Å²) >= 11 is 0. The van der Waals surface area contributed by atoms with Crippen LogP contribution < -0.4 is 5.48 Å². The Kier molecular flexibility index (Phi) is 6.17. The van der Waals surface area contributed by atoms with Crippen LogP contribution in [-0.4, -0.2) is 20.9 Å². The van der Waals surface area contributed by atoms with Crippen LogP contribution in [0.3, 0.4) is 0 Å². The Bertz CT molecular complexity index is 829. The quantitative estimate of drug-likeness (QED) is 0.369. The van der Waals surface area contributed by atoms with Gasteiger partial charge >= 0.3 is 0 Å². The lowest BCUT2D eigenvalue weighted by Crippen LogP contribution is -2.17. The molecule has 0 fully saturated rings. The summed E-state index contributed by atoms with van der Waals surface area (Å²) in [5.74, 6) is -0.340. The summed E-state index contributed by atoms with van der Waals surface area (Å²) in [6.07, 6.45) is 4.86. The molecule has 26 heavy (non-hydrogen) atoms. The zero-order chi connectivity index (χ0) is 18.2. The molecule has 0 spiro atoms. The summed E-state index contributed by atoms with van der Waals surface area (Å²) in [5.41, 5.74) is 6.16. The van der Waals surface area contributed by atoms with E-state index in [0.29, 0.717) is 6.42 Å². The SMILES string of the molecule is O=C(CCCCc1cn(Cc2ccccc2)nc1-c1ccccc1)NO. The molecule has 1 amide bonds. The van der Waals surface area contributed by atoms with E-state index in [1.54, 1.807) is 5.48 Å². The van der Waals surface area contributed by atoms with Crippen molar-refractivity contribution in [2.24, 2.45) is 0 Å². The Labute approximate surface area is 153 Å². The number of hydrogen-bond acceptors (Lipinski definition) is 3. The predicted molar refractivity (Wildman–Crippen MR) is 101 cm³/mol. The third kappa shape index (κ3) is 4.80. The molecule has 0 bridgehead atoms. The molecule has 5 heteroatoms. The van der Waals surface area contributed by atoms with Gasteiger partial charge in [-0.2, -0.15) is 5.10 Å². The summed E-state index contributed by atoms with van der Waals surface area (Å²) in [4.78, 5) is 11.1. The van der Waals surface area contributed by atoms with Gasteiger partial charge in [0, 0.05) is 18.2 Å². The summed E-state index contributed by atoms with van der Waals surface area (Å²) in [6, 6.07) is 20.4. The summed E-state index contributed by atoms with van der Waals surface area (Å²) in [5, 5.41) is 13.4. The van der Waals surface area contributed by atoms with Crippen molar-refractivity contribution in [2.75, 3.05) is 0 Å². The summed E-state index contributed by atoms with van der Waals surface area (Å²) < 4.78 is 1.98. The largest absolute Gasteiger partial charge is 0.289 e. The first-order valence-corrected chi connectivity index (χ1v) is 8.85. The number of nitrogens with zero attached hydrogens (tertiary/aromatic N) is 2. The molecule has 2 N–H and O–H groups in total. The van der Waals surface area contributed by atoms with Gasteiger partial charge in [-0.3, -0.25) is 14.7 Å². The van der Waals surface area contributed by atoms with E-state index < -0.39 is 0 Å². The topological polar surface area (TPSA) is 67.2 Å². The van der Waals surface area contributed by atoms with Crippen LogP contribution in [0.4, 0.5) is 0 Å². The maximum absolute atomic E-state index is 11.1. The fourth-order valence-corrected chi connectivity index (χ4v) is 2.99. The molecule has 1 aromatic heterocycles. The third-order valence-corrected chi connectivity index (χ3v) is 4.30. The van der Waals surface area contributed by atoms with Crippen LogP contribution in [0.2, 0.25) is 0 Å². The zero-order valence-electron chi connectivity index (χ0n) is 14.6. The zero-order valence-corrected chi connectivity index (χ0v) is 14.6. The van der Waals surface area contributed by atoms with Crippen LogP contribution in [0.5, 0.6) is 0 Å². The van der Waals surface area contributed by atoms with Crippen LogP contribution in [0.15, 0.2) is 66.9 Å². The molecular formula is C21H23N3O2. The van der Waals surface area contributed by atoms with E-state index in [2.05, 4.69) is 30.5 Å². The van der Waals surface area contributed by atoms with E-state index in [0.717, 1.165) is 37.1 Å². The highest BCUT2D eigenvalue weighted by Gasteiger charge is 2.11. The highest BCUT2D eigenvalue weighted by molar-refractivity contribution is 5.74. The van der Waals surface area contributed by atoms with Crippen molar-refractivity contribution in [3.63, 3.8) is 0 Å². The minimum absolute atomic E-state index is 0.329. The van der Waals surface area contributed by atoms with Gasteiger partial charge in [-0.15, -0.1) is 0 Å². The first kappa shape index (κ1) is 17.9. The maximum atomic E-state index is 11.1. The van der Waals surface area contributed by atoms with Gasteiger partial charge in [0.1, 0.15) is 0 Å². The van der Waals surface area contributed by atoms with Gasteiger partial charge in [0.2, 0.25) is 5.91 Å². The highest BCUT2D eigenvalue weighted by atomic mass is 16.5. The molecule has 3 rings (SSSR count). The number of amides is 1. The van der Waals surface area contributed by atoms with Crippen molar-refractivity contribution in [3.05, 3.63) is 78.0 Å². The molecule has 0 aliphatic carbocycles. The van der Waals surface area contributed by atoms with Gasteiger partial charge in [-0.05, 0) is 30.4 Å². The maximum Gasteiger partial charge on any atom is 0.243 e. The molecular weight excluding hydrogens is 326 g/mol. The van der Waals surface area contributed by atoms with Gasteiger partial charge in [0.05, 0.1) is 12.2 Å². The Morgan fingerprint density at radius 2 is 1.69 bits per heavy atom. The van der Waals surface area contributed by atoms with E-state index in [1.807, 2.05) is 41.1 Å². The second-order valence-electron chi connectivity index (χ2n) is 6.29. The van der Waals surface area contributed by atoms with Crippen molar-refractivity contribution in [2.45, 2.75) is 32.2 Å². The molecule has 0 radical (unpaired) electrons. The monoisotopic (exact) mass is 349 g/mol. The number of benzene rings is 2. The first-order chi connectivity index (χ1) is 12.8. The predicted octanol–water partition coefficient (Wildman–Crippen LogP) is 3.82. The molecule has 0 aliphatic heterocycles. The number of carbonyl (C=O) groups is 1. The molecule has 2 aromatic carbocycles. The molecule has 5 nitrogen and oxygen atoms in total. The molecule has 3 aromatic rings. The minimum Gasteiger partial charge on any atom is -0.289 e. The van der Waals surface area contributed by atoms with Crippen LogP contribution in [0, 0.1) is 0 Å². The molecule has 1 heterocycles. The van der Waals surface area contributed by atoms with Crippen molar-refractivity contribution in [3.8, 4) is 11.3 Å². The summed E-state index contributed by atoms with van der Waals surface area (Å²) in [7, 11) is 0. The number of aromatic nitrogens is 2. The minimum atomic E-state index is -0.340. The van der Waals surface area contributed by atoms with Crippen LogP contribution in [-0.2, 0) is 17.8 Å². The number of unbranched alkanes of at least 4 members (excludes halogenated alkanes) is 1. The number of carbonyl (C=O) groups excluding carboxylic acids is 1. The highest BCUT2D eigenvalue weighted by Crippen LogP contribution is 2.24. The van der Waals surface area contributed by atoms with Crippen molar-refractivity contribution >= 4 is 5.91 Å². The second kappa shape index (κ2) is 8.97. The van der Waals surface area contributed by atoms with Gasteiger partial charge < -0.3 is 0 Å². The molecule has 0 saturated carbocycles. The number of hydroxylamine groups is 1. The van der Waals surface area contributed by atoms with E-state index in [9.17, 15) is 4.79 Å². The lowest BCUT2D eigenvalue weighted by molar-refractivity contribution is -0.129. The van der Waals surface area contributed by atoms with E-state index in [4.69, 9.17) is 10.3 Å². The van der Waals surface area contributed by atoms with E-state index in [1.165, 1.54) is 11.1 Å². The van der Waals surface area contributed by atoms with Gasteiger partial charge in [-0.1, -0.05) is 60.7 Å². The molecule has 0 aliphatic rings. The average molecular weight is 349 g/mol. The fraction of sp³-hybridized carbons (Fsp3) is 0.238. The number of rotatable bonds is 8. The fourth-order valence-electron chi connectivity index (χ4n) is 2.99. The van der Waals surface area contributed by atoms with Crippen molar-refractivity contribution < 1.29 is 10.0 Å². The smallest absolute Gasteiger partial charge is 0.243 e. The van der Waals surface area contributed by atoms with Crippen LogP contribution >= 0.6 is 0 Å². The lowest BCUT2D eigenvalue weighted by atomic mass is 10.0. The second-order valence-corrected chi connectivity index (χ2v) is 6.29. The Morgan fingerprint density at radius 3 is 2.38 bits per heavy atom. The molecule has 134 valence electrons. The Balaban J connectivity index is 1.76. The van der Waals surface area contributed by atoms with Crippen molar-refractivity contribution in [1.82, 2.24) is 15.3 Å². The number of nitrogens with one attached hydrogen (secondary N) is 1. The Hall–Kier alpha value is -2.92. The number of hydrogen-bond donors (Lipinski definition) is 2. The van der Waals surface area contributed by atoms with Gasteiger partial charge in [-0.25, -0.2) is 5.48 Å². The first-order valence-electron chi connectivity index (χ1n) is 8.85. The third-order valence-electron chi connectivity index (χ3n) is 4.30. The van der Waals surface area contributed by atoms with E-state index >= 15 is 0 Å². The van der Waals surface area contributed by atoms with E-state index in [-0.39, 0.29) is 5.91 Å². The standard InChI is InChI=1S/C21H23N3O2/c25-20(23-26)14-8-7-13-19-16-24(15-17-9-3-1-4-10-17)22-21(19)18-11-5-2-6-12-18/h1-6,9-12,16,26H,7-8,13-15H2,(H,23,25). The van der Waals surface area contributed by atoms with Crippen molar-refractivity contribution in [1.29, 1.82) is 0 Å². The molecule has 0 unspecified atom stereocenters. The summed E-state index contributed by atoms with van der Waals surface area (Å²) in [6.45, 7) is 0.730. The molecule has 0 saturated heterocycles. The average Bonchev–Trinajstić information content (AvgIpc) is 3.09. The normalized spacial score (nSPS) is 10.7. The molecule has 0 atom stereocenters.